The third-order valence-electron chi connectivity index (χ3n) is 5.61. The van der Waals surface area contributed by atoms with E-state index in [1.807, 2.05) is 43.4 Å². The fraction of sp³-hybridized carbons (Fsp3) is 0.393. The summed E-state index contributed by atoms with van der Waals surface area (Å²) < 4.78 is 7.28. The molecule has 0 spiro atoms. The highest BCUT2D eigenvalue weighted by molar-refractivity contribution is 5.93. The maximum Gasteiger partial charge on any atom is 0.271 e. The van der Waals surface area contributed by atoms with Gasteiger partial charge < -0.3 is 15.4 Å². The Morgan fingerprint density at radius 2 is 1.83 bits per heavy atom. The maximum absolute atomic E-state index is 12.6. The summed E-state index contributed by atoms with van der Waals surface area (Å²) in [7, 11) is 3.39. The summed E-state index contributed by atoms with van der Waals surface area (Å²) in [5.74, 6) is 0.313. The van der Waals surface area contributed by atoms with Crippen LogP contribution in [0.2, 0.25) is 0 Å². The van der Waals surface area contributed by atoms with Gasteiger partial charge in [0.1, 0.15) is 6.07 Å². The van der Waals surface area contributed by atoms with Crippen molar-refractivity contribution in [3.63, 3.8) is 0 Å². The number of nitrogens with one attached hydrogen (secondary N) is 2. The number of aryl methyl sites for hydroxylation is 1. The average molecular weight is 474 g/mol. The fourth-order valence-corrected chi connectivity index (χ4v) is 3.65. The average Bonchev–Trinajstić information content (AvgIpc) is 3.17. The molecule has 0 aliphatic carbocycles. The topological polar surface area (TPSA) is 92.0 Å². The minimum absolute atomic E-state index is 0.00989. The van der Waals surface area contributed by atoms with Crippen molar-refractivity contribution in [2.45, 2.75) is 47.0 Å². The molecule has 2 N–H and O–H groups in total. The van der Waals surface area contributed by atoms with Gasteiger partial charge in [0.15, 0.2) is 11.4 Å². The number of hydrogen-bond donors (Lipinski definition) is 2. The number of anilines is 2. The lowest BCUT2D eigenvalue weighted by molar-refractivity contribution is 0.0933. The molecule has 0 aliphatic rings. The lowest BCUT2D eigenvalue weighted by Gasteiger charge is -2.22. The Morgan fingerprint density at radius 3 is 2.43 bits per heavy atom. The van der Waals surface area contributed by atoms with Crippen LogP contribution in [0.3, 0.4) is 0 Å². The summed E-state index contributed by atoms with van der Waals surface area (Å²) in [6, 6.07) is 15.8. The van der Waals surface area contributed by atoms with Crippen molar-refractivity contribution in [2.24, 2.45) is 12.5 Å². The molecule has 7 heteroatoms. The van der Waals surface area contributed by atoms with E-state index in [2.05, 4.69) is 63.3 Å². The third kappa shape index (κ3) is 6.21. The van der Waals surface area contributed by atoms with E-state index in [4.69, 9.17) is 4.74 Å². The van der Waals surface area contributed by atoms with Gasteiger partial charge >= 0.3 is 0 Å². The first-order chi connectivity index (χ1) is 16.3. The highest BCUT2D eigenvalue weighted by atomic mass is 16.5. The van der Waals surface area contributed by atoms with Crippen LogP contribution in [0.4, 0.5) is 11.4 Å². The molecule has 0 saturated carbocycles. The van der Waals surface area contributed by atoms with Crippen LogP contribution in [0, 0.1) is 16.7 Å². The van der Waals surface area contributed by atoms with Crippen LogP contribution in [-0.2, 0) is 12.5 Å². The van der Waals surface area contributed by atoms with Gasteiger partial charge in [-0.2, -0.15) is 10.4 Å². The fourth-order valence-electron chi connectivity index (χ4n) is 3.65. The lowest BCUT2D eigenvalue weighted by Crippen LogP contribution is -2.32. The largest absolute Gasteiger partial charge is 0.493 e. The Kier molecular flexibility index (Phi) is 7.25. The highest BCUT2D eigenvalue weighted by Crippen LogP contribution is 2.37. The number of aromatic nitrogens is 2. The molecule has 35 heavy (non-hydrogen) atoms. The number of ether oxygens (including phenoxy) is 1. The van der Waals surface area contributed by atoms with Crippen LogP contribution in [0.5, 0.6) is 5.75 Å². The van der Waals surface area contributed by atoms with Crippen molar-refractivity contribution >= 4 is 17.3 Å². The van der Waals surface area contributed by atoms with Crippen molar-refractivity contribution in [1.29, 1.82) is 5.26 Å². The van der Waals surface area contributed by atoms with Crippen molar-refractivity contribution in [3.8, 4) is 23.1 Å². The summed E-state index contributed by atoms with van der Waals surface area (Å²) in [6.07, 6.45) is 0. The van der Waals surface area contributed by atoms with Gasteiger partial charge in [0, 0.05) is 24.8 Å². The summed E-state index contributed by atoms with van der Waals surface area (Å²) >= 11 is 0. The van der Waals surface area contributed by atoms with E-state index in [-0.39, 0.29) is 16.7 Å². The second-order valence-corrected chi connectivity index (χ2v) is 11.0. The van der Waals surface area contributed by atoms with E-state index in [1.54, 1.807) is 17.9 Å². The van der Waals surface area contributed by atoms with Crippen molar-refractivity contribution in [2.75, 3.05) is 19.0 Å². The summed E-state index contributed by atoms with van der Waals surface area (Å²) in [4.78, 5) is 12.6. The minimum Gasteiger partial charge on any atom is -0.493 e. The van der Waals surface area contributed by atoms with Crippen LogP contribution in [0.25, 0.3) is 11.3 Å². The lowest BCUT2D eigenvalue weighted by atomic mass is 9.85. The number of benzene rings is 2. The van der Waals surface area contributed by atoms with Gasteiger partial charge in [0.25, 0.3) is 5.91 Å². The summed E-state index contributed by atoms with van der Waals surface area (Å²) in [5, 5.41) is 20.5. The standard InChI is InChI=1S/C28H35N5O2/c1-27(2,3)17-30-26(34)23-15-24(33(7)32-23)18-10-9-11-21(13-18)31-22-14-20(28(4,5)6)12-19(16-29)25(22)35-8/h9-15,31H,17H2,1-8H3,(H,30,34). The van der Waals surface area contributed by atoms with Crippen LogP contribution in [-0.4, -0.2) is 29.3 Å². The predicted octanol–water partition coefficient (Wildman–Crippen LogP) is 5.78. The Bertz CT molecular complexity index is 1270. The van der Waals surface area contributed by atoms with Gasteiger partial charge in [0.05, 0.1) is 24.1 Å². The molecule has 2 aromatic carbocycles. The molecule has 1 amide bonds. The zero-order chi connectivity index (χ0) is 26.0. The molecule has 1 heterocycles. The number of carbonyl (C=O) groups excluding carboxylic acids is 1. The van der Waals surface area contributed by atoms with Crippen LogP contribution >= 0.6 is 0 Å². The number of methoxy groups -OCH3 is 1. The molecule has 7 nitrogen and oxygen atoms in total. The summed E-state index contributed by atoms with van der Waals surface area (Å²) in [5.41, 5.74) is 5.04. The molecule has 0 unspecified atom stereocenters. The SMILES string of the molecule is COc1c(C#N)cc(C(C)(C)C)cc1Nc1cccc(-c2cc(C(=O)NCC(C)(C)C)nn2C)c1. The first-order valence-corrected chi connectivity index (χ1v) is 11.6. The minimum atomic E-state index is -0.191. The monoisotopic (exact) mass is 473 g/mol. The van der Waals surface area contributed by atoms with Gasteiger partial charge in [-0.25, -0.2) is 0 Å². The quantitative estimate of drug-likeness (QED) is 0.473. The Morgan fingerprint density at radius 1 is 1.11 bits per heavy atom. The molecule has 0 aliphatic heterocycles. The number of nitrogens with zero attached hydrogens (tertiary/aromatic N) is 3. The normalized spacial score (nSPS) is 11.6. The first kappa shape index (κ1) is 25.8. The highest BCUT2D eigenvalue weighted by Gasteiger charge is 2.20. The van der Waals surface area contributed by atoms with Gasteiger partial charge in [-0.05, 0) is 46.7 Å². The van der Waals surface area contributed by atoms with Crippen molar-refractivity contribution in [1.82, 2.24) is 15.1 Å². The third-order valence-corrected chi connectivity index (χ3v) is 5.61. The molecule has 0 atom stereocenters. The van der Waals surface area contributed by atoms with Gasteiger partial charge in [-0.15, -0.1) is 0 Å². The zero-order valence-electron chi connectivity index (χ0n) is 21.9. The summed E-state index contributed by atoms with van der Waals surface area (Å²) in [6.45, 7) is 13.1. The van der Waals surface area contributed by atoms with E-state index in [0.29, 0.717) is 23.6 Å². The number of carbonyl (C=O) groups is 1. The Hall–Kier alpha value is -3.79. The molecule has 0 radical (unpaired) electrons. The van der Waals surface area contributed by atoms with E-state index >= 15 is 0 Å². The van der Waals surface area contributed by atoms with Crippen LogP contribution in [0.15, 0.2) is 42.5 Å². The molecule has 3 aromatic rings. The van der Waals surface area contributed by atoms with E-state index in [9.17, 15) is 10.1 Å². The maximum atomic E-state index is 12.6. The van der Waals surface area contributed by atoms with Crippen LogP contribution < -0.4 is 15.4 Å². The van der Waals surface area contributed by atoms with E-state index in [1.165, 1.54) is 0 Å². The number of rotatable bonds is 6. The molecule has 0 bridgehead atoms. The Balaban J connectivity index is 1.93. The number of amides is 1. The van der Waals surface area contributed by atoms with Gasteiger partial charge in [-0.1, -0.05) is 53.7 Å². The zero-order valence-corrected chi connectivity index (χ0v) is 21.9. The van der Waals surface area contributed by atoms with Crippen molar-refractivity contribution in [3.05, 3.63) is 59.3 Å². The number of nitriles is 1. The molecule has 0 saturated heterocycles. The van der Waals surface area contributed by atoms with Gasteiger partial charge in [-0.3, -0.25) is 9.48 Å². The molecular weight excluding hydrogens is 438 g/mol. The molecule has 0 fully saturated rings. The molecule has 3 rings (SSSR count). The smallest absolute Gasteiger partial charge is 0.271 e. The predicted molar refractivity (Wildman–Crippen MR) is 140 cm³/mol. The molecular formula is C28H35N5O2. The number of hydrogen-bond acceptors (Lipinski definition) is 5. The van der Waals surface area contributed by atoms with Crippen molar-refractivity contribution < 1.29 is 9.53 Å². The van der Waals surface area contributed by atoms with Gasteiger partial charge in [0.2, 0.25) is 0 Å². The van der Waals surface area contributed by atoms with Crippen LogP contribution in [0.1, 0.15) is 63.2 Å². The van der Waals surface area contributed by atoms with E-state index < -0.39 is 0 Å². The second kappa shape index (κ2) is 9.83. The first-order valence-electron chi connectivity index (χ1n) is 11.6. The molecule has 184 valence electrons. The molecule has 1 aromatic heterocycles. The van der Waals surface area contributed by atoms with E-state index in [0.717, 1.165) is 28.2 Å². The second-order valence-electron chi connectivity index (χ2n) is 11.0. The Labute approximate surface area is 208 Å².